The molecule has 0 amide bonds. The number of benzene rings is 2. The van der Waals surface area contributed by atoms with Gasteiger partial charge in [0, 0.05) is 5.56 Å². The summed E-state index contributed by atoms with van der Waals surface area (Å²) in [5, 5.41) is 0. The Hall–Kier alpha value is -1.93. The fourth-order valence-corrected chi connectivity index (χ4v) is 1.93. The Morgan fingerprint density at radius 3 is 2.05 bits per heavy atom. The highest BCUT2D eigenvalue weighted by Crippen LogP contribution is 2.21. The molecule has 98 valence electrons. The highest BCUT2D eigenvalue weighted by molar-refractivity contribution is 6.03. The molecule has 0 saturated carbocycles. The quantitative estimate of drug-likeness (QED) is 0.845. The van der Waals surface area contributed by atoms with Crippen molar-refractivity contribution in [1.82, 2.24) is 0 Å². The summed E-state index contributed by atoms with van der Waals surface area (Å²) >= 11 is 0. The lowest BCUT2D eigenvalue weighted by atomic mass is 9.89. The first-order chi connectivity index (χ1) is 9.04. The predicted molar refractivity (Wildman–Crippen MR) is 79.1 cm³/mol. The maximum atomic E-state index is 12.2. The first kappa shape index (κ1) is 13.5. The molecule has 2 rings (SSSR count). The van der Waals surface area contributed by atoms with Crippen LogP contribution in [0.1, 0.15) is 30.6 Å². The maximum absolute atomic E-state index is 12.2. The Labute approximate surface area is 114 Å². The van der Waals surface area contributed by atoms with E-state index in [0.717, 1.165) is 11.1 Å². The van der Waals surface area contributed by atoms with Gasteiger partial charge < -0.3 is 5.73 Å². The second kappa shape index (κ2) is 5.37. The molecule has 0 heterocycles. The molecule has 1 atom stereocenters. The van der Waals surface area contributed by atoms with Crippen molar-refractivity contribution < 1.29 is 4.79 Å². The smallest absolute Gasteiger partial charge is 0.182 e. The number of rotatable bonds is 4. The zero-order chi connectivity index (χ0) is 13.9. The van der Waals surface area contributed by atoms with Gasteiger partial charge in [-0.1, -0.05) is 61.5 Å². The minimum absolute atomic E-state index is 0.00499. The zero-order valence-corrected chi connectivity index (χ0v) is 11.4. The lowest BCUT2D eigenvalue weighted by Crippen LogP contribution is -2.44. The number of hydrogen-bond donors (Lipinski definition) is 1. The molecule has 2 aromatic carbocycles. The van der Waals surface area contributed by atoms with E-state index in [0.29, 0.717) is 12.0 Å². The van der Waals surface area contributed by atoms with Crippen LogP contribution < -0.4 is 5.73 Å². The van der Waals surface area contributed by atoms with Crippen LogP contribution in [-0.2, 0) is 0 Å². The molecule has 2 heteroatoms. The predicted octanol–water partition coefficient (Wildman–Crippen LogP) is 3.66. The standard InChI is InChI=1S/C17H19NO/c1-3-17(2,18)16(19)15-11-9-14(10-12-15)13-7-5-4-6-8-13/h4-12H,3,18H2,1-2H3. The van der Waals surface area contributed by atoms with Crippen molar-refractivity contribution in [2.75, 3.05) is 0 Å². The van der Waals surface area contributed by atoms with E-state index in [4.69, 9.17) is 5.73 Å². The third-order valence-corrected chi connectivity index (χ3v) is 3.51. The molecule has 0 fully saturated rings. The molecule has 2 N–H and O–H groups in total. The van der Waals surface area contributed by atoms with Gasteiger partial charge in [0.1, 0.15) is 0 Å². The van der Waals surface area contributed by atoms with Crippen molar-refractivity contribution in [1.29, 1.82) is 0 Å². The second-order valence-electron chi connectivity index (χ2n) is 5.04. The van der Waals surface area contributed by atoms with E-state index in [9.17, 15) is 4.79 Å². The number of carbonyl (C=O) groups is 1. The highest BCUT2D eigenvalue weighted by Gasteiger charge is 2.26. The SMILES string of the molecule is CCC(C)(N)C(=O)c1ccc(-c2ccccc2)cc1. The molecule has 0 radical (unpaired) electrons. The average Bonchev–Trinajstić information content (AvgIpc) is 2.47. The third-order valence-electron chi connectivity index (χ3n) is 3.51. The van der Waals surface area contributed by atoms with Crippen LogP contribution in [0.2, 0.25) is 0 Å². The molecular weight excluding hydrogens is 234 g/mol. The molecule has 0 saturated heterocycles. The lowest BCUT2D eigenvalue weighted by molar-refractivity contribution is 0.0898. The van der Waals surface area contributed by atoms with Crippen LogP contribution in [0.25, 0.3) is 11.1 Å². The largest absolute Gasteiger partial charge is 0.319 e. The van der Waals surface area contributed by atoms with Crippen molar-refractivity contribution in [2.45, 2.75) is 25.8 Å². The topological polar surface area (TPSA) is 43.1 Å². The van der Waals surface area contributed by atoms with Gasteiger partial charge in [-0.15, -0.1) is 0 Å². The van der Waals surface area contributed by atoms with Crippen molar-refractivity contribution in [3.63, 3.8) is 0 Å². The van der Waals surface area contributed by atoms with Gasteiger partial charge >= 0.3 is 0 Å². The van der Waals surface area contributed by atoms with Crippen LogP contribution in [0.3, 0.4) is 0 Å². The van der Waals surface area contributed by atoms with Gasteiger partial charge in [-0.05, 0) is 24.5 Å². The van der Waals surface area contributed by atoms with E-state index < -0.39 is 5.54 Å². The fourth-order valence-electron chi connectivity index (χ4n) is 1.93. The monoisotopic (exact) mass is 253 g/mol. The Morgan fingerprint density at radius 2 is 1.53 bits per heavy atom. The zero-order valence-electron chi connectivity index (χ0n) is 11.4. The van der Waals surface area contributed by atoms with Crippen molar-refractivity contribution in [2.24, 2.45) is 5.73 Å². The summed E-state index contributed by atoms with van der Waals surface area (Å²) in [6.07, 6.45) is 0.631. The van der Waals surface area contributed by atoms with Crippen molar-refractivity contribution in [3.05, 3.63) is 60.2 Å². The highest BCUT2D eigenvalue weighted by atomic mass is 16.1. The summed E-state index contributed by atoms with van der Waals surface area (Å²) in [6, 6.07) is 17.7. The summed E-state index contributed by atoms with van der Waals surface area (Å²) < 4.78 is 0. The average molecular weight is 253 g/mol. The van der Waals surface area contributed by atoms with Crippen LogP contribution in [-0.4, -0.2) is 11.3 Å². The van der Waals surface area contributed by atoms with Gasteiger partial charge in [-0.3, -0.25) is 4.79 Å². The molecule has 19 heavy (non-hydrogen) atoms. The molecule has 0 aromatic heterocycles. The van der Waals surface area contributed by atoms with Crippen LogP contribution in [0, 0.1) is 0 Å². The number of Topliss-reactive ketones (excluding diaryl/α,β-unsaturated/α-hetero) is 1. The van der Waals surface area contributed by atoms with Crippen molar-refractivity contribution >= 4 is 5.78 Å². The summed E-state index contributed by atoms with van der Waals surface area (Å²) in [4.78, 5) is 12.2. The number of ketones is 1. The molecule has 0 aliphatic rings. The van der Waals surface area contributed by atoms with E-state index in [1.807, 2.05) is 49.4 Å². The minimum atomic E-state index is -0.783. The van der Waals surface area contributed by atoms with Gasteiger partial charge in [-0.25, -0.2) is 0 Å². The molecule has 2 nitrogen and oxygen atoms in total. The van der Waals surface area contributed by atoms with Gasteiger partial charge in [0.25, 0.3) is 0 Å². The van der Waals surface area contributed by atoms with Crippen molar-refractivity contribution in [3.8, 4) is 11.1 Å². The number of nitrogens with two attached hydrogens (primary N) is 1. The lowest BCUT2D eigenvalue weighted by Gasteiger charge is -2.21. The molecule has 0 spiro atoms. The van der Waals surface area contributed by atoms with E-state index in [2.05, 4.69) is 12.1 Å². The molecule has 0 bridgehead atoms. The Morgan fingerprint density at radius 1 is 1.00 bits per heavy atom. The maximum Gasteiger partial charge on any atom is 0.182 e. The Balaban J connectivity index is 2.27. The van der Waals surface area contributed by atoms with Crippen LogP contribution in [0.5, 0.6) is 0 Å². The van der Waals surface area contributed by atoms with E-state index >= 15 is 0 Å². The molecule has 1 unspecified atom stereocenters. The molecular formula is C17H19NO. The summed E-state index contributed by atoms with van der Waals surface area (Å²) in [5.74, 6) is -0.00499. The van der Waals surface area contributed by atoms with Crippen LogP contribution in [0.15, 0.2) is 54.6 Å². The molecule has 0 aliphatic heterocycles. The van der Waals surface area contributed by atoms with Crippen LogP contribution in [0.4, 0.5) is 0 Å². The molecule has 0 aliphatic carbocycles. The second-order valence-corrected chi connectivity index (χ2v) is 5.04. The first-order valence-corrected chi connectivity index (χ1v) is 6.54. The van der Waals surface area contributed by atoms with E-state index in [1.165, 1.54) is 0 Å². The third kappa shape index (κ3) is 2.91. The van der Waals surface area contributed by atoms with Gasteiger partial charge in [0.05, 0.1) is 5.54 Å². The van der Waals surface area contributed by atoms with Crippen LogP contribution >= 0.6 is 0 Å². The minimum Gasteiger partial charge on any atom is -0.319 e. The van der Waals surface area contributed by atoms with E-state index in [-0.39, 0.29) is 5.78 Å². The van der Waals surface area contributed by atoms with E-state index in [1.54, 1.807) is 6.92 Å². The van der Waals surface area contributed by atoms with Gasteiger partial charge in [0.2, 0.25) is 0 Å². The Kier molecular flexibility index (Phi) is 3.82. The summed E-state index contributed by atoms with van der Waals surface area (Å²) in [5.41, 5.74) is 8.13. The van der Waals surface area contributed by atoms with Gasteiger partial charge in [-0.2, -0.15) is 0 Å². The number of carbonyl (C=O) groups excluding carboxylic acids is 1. The summed E-state index contributed by atoms with van der Waals surface area (Å²) in [7, 11) is 0. The molecule has 2 aromatic rings. The summed E-state index contributed by atoms with van der Waals surface area (Å²) in [6.45, 7) is 3.71. The first-order valence-electron chi connectivity index (χ1n) is 6.54. The number of hydrogen-bond acceptors (Lipinski definition) is 2. The Bertz CT molecular complexity index is 556. The fraction of sp³-hybridized carbons (Fsp3) is 0.235. The normalized spacial score (nSPS) is 13.8. The van der Waals surface area contributed by atoms with Gasteiger partial charge in [0.15, 0.2) is 5.78 Å².